The van der Waals surface area contributed by atoms with Gasteiger partial charge in [-0.3, -0.25) is 9.59 Å². The lowest BCUT2D eigenvalue weighted by Crippen LogP contribution is -2.50. The summed E-state index contributed by atoms with van der Waals surface area (Å²) in [4.78, 5) is 28.4. The first-order valence-electron chi connectivity index (χ1n) is 7.50. The number of piperazine rings is 1. The first kappa shape index (κ1) is 15.1. The largest absolute Gasteiger partial charge is 0.339 e. The van der Waals surface area contributed by atoms with Crippen molar-refractivity contribution in [1.82, 2.24) is 30.0 Å². The van der Waals surface area contributed by atoms with Crippen LogP contribution in [0.2, 0.25) is 0 Å². The van der Waals surface area contributed by atoms with E-state index in [4.69, 9.17) is 0 Å². The summed E-state index contributed by atoms with van der Waals surface area (Å²) in [5.74, 6) is 0.479. The molecule has 2 amide bonds. The molecule has 1 aromatic heterocycles. The molecule has 3 rings (SSSR count). The number of hydrogen-bond donors (Lipinski definition) is 0. The SMILES string of the molecule is CC(=O)N1CCN(C(=O)Cn2nnc(-c3ccccc3)n2)CC1. The highest BCUT2D eigenvalue weighted by Gasteiger charge is 2.23. The Morgan fingerprint density at radius 3 is 2.35 bits per heavy atom. The van der Waals surface area contributed by atoms with Gasteiger partial charge in [0.15, 0.2) is 0 Å². The maximum absolute atomic E-state index is 12.3. The molecular formula is C15H18N6O2. The van der Waals surface area contributed by atoms with Crippen LogP contribution in [0.1, 0.15) is 6.92 Å². The van der Waals surface area contributed by atoms with E-state index in [1.54, 1.807) is 16.7 Å². The quantitative estimate of drug-likeness (QED) is 0.798. The second kappa shape index (κ2) is 6.55. The van der Waals surface area contributed by atoms with E-state index in [0.717, 1.165) is 5.56 Å². The van der Waals surface area contributed by atoms with Gasteiger partial charge in [0.2, 0.25) is 17.6 Å². The number of nitrogens with zero attached hydrogens (tertiary/aromatic N) is 6. The van der Waals surface area contributed by atoms with Gasteiger partial charge in [0.25, 0.3) is 0 Å². The molecule has 1 aromatic carbocycles. The Balaban J connectivity index is 1.59. The zero-order valence-electron chi connectivity index (χ0n) is 12.9. The maximum Gasteiger partial charge on any atom is 0.246 e. The normalized spacial score (nSPS) is 14.8. The predicted molar refractivity (Wildman–Crippen MR) is 82.1 cm³/mol. The van der Waals surface area contributed by atoms with Gasteiger partial charge in [-0.2, -0.15) is 4.80 Å². The summed E-state index contributed by atoms with van der Waals surface area (Å²) >= 11 is 0. The summed E-state index contributed by atoms with van der Waals surface area (Å²) in [5.41, 5.74) is 0.862. The molecule has 8 nitrogen and oxygen atoms in total. The average molecular weight is 314 g/mol. The number of benzene rings is 1. The van der Waals surface area contributed by atoms with Crippen LogP contribution >= 0.6 is 0 Å². The summed E-state index contributed by atoms with van der Waals surface area (Å²) < 4.78 is 0. The second-order valence-electron chi connectivity index (χ2n) is 5.40. The molecular weight excluding hydrogens is 296 g/mol. The molecule has 0 saturated carbocycles. The number of carbonyl (C=O) groups is 2. The van der Waals surface area contributed by atoms with E-state index in [-0.39, 0.29) is 18.4 Å². The topological polar surface area (TPSA) is 84.2 Å². The highest BCUT2D eigenvalue weighted by atomic mass is 16.2. The Morgan fingerprint density at radius 2 is 1.70 bits per heavy atom. The Labute approximate surface area is 133 Å². The molecule has 2 aromatic rings. The fourth-order valence-electron chi connectivity index (χ4n) is 2.50. The summed E-state index contributed by atoms with van der Waals surface area (Å²) in [6.45, 7) is 3.82. The van der Waals surface area contributed by atoms with Gasteiger partial charge >= 0.3 is 0 Å². The predicted octanol–water partition coefficient (Wildman–Crippen LogP) is 0.0308. The van der Waals surface area contributed by atoms with Crippen LogP contribution in [-0.2, 0) is 16.1 Å². The van der Waals surface area contributed by atoms with E-state index in [1.165, 1.54) is 4.80 Å². The number of aromatic nitrogens is 4. The molecule has 23 heavy (non-hydrogen) atoms. The van der Waals surface area contributed by atoms with Crippen molar-refractivity contribution in [3.8, 4) is 11.4 Å². The highest BCUT2D eigenvalue weighted by molar-refractivity contribution is 5.77. The molecule has 0 atom stereocenters. The van der Waals surface area contributed by atoms with Gasteiger partial charge in [0, 0.05) is 38.7 Å². The number of carbonyl (C=O) groups excluding carboxylic acids is 2. The minimum atomic E-state index is -0.0646. The zero-order chi connectivity index (χ0) is 16.2. The third-order valence-corrected chi connectivity index (χ3v) is 3.84. The van der Waals surface area contributed by atoms with Crippen molar-refractivity contribution >= 4 is 11.8 Å². The lowest BCUT2D eigenvalue weighted by molar-refractivity contribution is -0.139. The lowest BCUT2D eigenvalue weighted by atomic mass is 10.2. The monoisotopic (exact) mass is 314 g/mol. The third kappa shape index (κ3) is 3.53. The highest BCUT2D eigenvalue weighted by Crippen LogP contribution is 2.12. The molecule has 120 valence electrons. The molecule has 0 aliphatic carbocycles. The number of hydrogen-bond acceptors (Lipinski definition) is 5. The standard InChI is InChI=1S/C15H18N6O2/c1-12(22)19-7-9-20(10-8-19)14(23)11-21-17-15(16-18-21)13-5-3-2-4-6-13/h2-6H,7-11H2,1H3. The summed E-state index contributed by atoms with van der Waals surface area (Å²) in [7, 11) is 0. The van der Waals surface area contributed by atoms with E-state index >= 15 is 0 Å². The summed E-state index contributed by atoms with van der Waals surface area (Å²) in [6, 6.07) is 9.50. The van der Waals surface area contributed by atoms with Crippen molar-refractivity contribution in [2.24, 2.45) is 0 Å². The van der Waals surface area contributed by atoms with Gasteiger partial charge in [-0.05, 0) is 5.21 Å². The summed E-state index contributed by atoms with van der Waals surface area (Å²) in [6.07, 6.45) is 0. The lowest BCUT2D eigenvalue weighted by Gasteiger charge is -2.34. The van der Waals surface area contributed by atoms with Crippen LogP contribution in [0.3, 0.4) is 0 Å². The third-order valence-electron chi connectivity index (χ3n) is 3.84. The van der Waals surface area contributed by atoms with E-state index in [0.29, 0.717) is 32.0 Å². The van der Waals surface area contributed by atoms with E-state index in [2.05, 4.69) is 15.4 Å². The average Bonchev–Trinajstić information content (AvgIpc) is 3.04. The molecule has 0 spiro atoms. The smallest absolute Gasteiger partial charge is 0.246 e. The Morgan fingerprint density at radius 1 is 1.04 bits per heavy atom. The Bertz CT molecular complexity index is 691. The fraction of sp³-hybridized carbons (Fsp3) is 0.400. The van der Waals surface area contributed by atoms with Gasteiger partial charge in [0.1, 0.15) is 6.54 Å². The first-order chi connectivity index (χ1) is 11.1. The Hall–Kier alpha value is -2.77. The second-order valence-corrected chi connectivity index (χ2v) is 5.40. The van der Waals surface area contributed by atoms with Crippen LogP contribution in [0.25, 0.3) is 11.4 Å². The van der Waals surface area contributed by atoms with E-state index < -0.39 is 0 Å². The molecule has 1 aliphatic rings. The molecule has 1 saturated heterocycles. The van der Waals surface area contributed by atoms with Crippen molar-refractivity contribution < 1.29 is 9.59 Å². The molecule has 8 heteroatoms. The number of rotatable bonds is 3. The first-order valence-corrected chi connectivity index (χ1v) is 7.50. The van der Waals surface area contributed by atoms with Crippen molar-refractivity contribution in [3.05, 3.63) is 30.3 Å². The van der Waals surface area contributed by atoms with Crippen molar-refractivity contribution in [1.29, 1.82) is 0 Å². The van der Waals surface area contributed by atoms with Gasteiger partial charge < -0.3 is 9.80 Å². The van der Waals surface area contributed by atoms with Crippen molar-refractivity contribution in [2.45, 2.75) is 13.5 Å². The van der Waals surface area contributed by atoms with Crippen LogP contribution < -0.4 is 0 Å². The molecule has 0 radical (unpaired) electrons. The Kier molecular flexibility index (Phi) is 4.31. The molecule has 1 fully saturated rings. The van der Waals surface area contributed by atoms with Crippen molar-refractivity contribution in [3.63, 3.8) is 0 Å². The van der Waals surface area contributed by atoms with Gasteiger partial charge in [0.05, 0.1) is 0 Å². The van der Waals surface area contributed by atoms with Crippen LogP contribution in [0, 0.1) is 0 Å². The number of amides is 2. The van der Waals surface area contributed by atoms with Crippen LogP contribution in [0.15, 0.2) is 30.3 Å². The van der Waals surface area contributed by atoms with E-state index in [9.17, 15) is 9.59 Å². The van der Waals surface area contributed by atoms with Gasteiger partial charge in [-0.1, -0.05) is 30.3 Å². The zero-order valence-corrected chi connectivity index (χ0v) is 12.9. The molecule has 0 N–H and O–H groups in total. The molecule has 0 unspecified atom stereocenters. The fourth-order valence-corrected chi connectivity index (χ4v) is 2.50. The molecule has 0 bridgehead atoms. The van der Waals surface area contributed by atoms with Crippen LogP contribution in [0.5, 0.6) is 0 Å². The molecule has 2 heterocycles. The van der Waals surface area contributed by atoms with E-state index in [1.807, 2.05) is 30.3 Å². The van der Waals surface area contributed by atoms with Crippen LogP contribution in [-0.4, -0.2) is 68.0 Å². The summed E-state index contributed by atoms with van der Waals surface area (Å²) in [5, 5.41) is 12.2. The minimum absolute atomic E-state index is 0.0440. The van der Waals surface area contributed by atoms with Crippen molar-refractivity contribution in [2.75, 3.05) is 26.2 Å². The minimum Gasteiger partial charge on any atom is -0.339 e. The van der Waals surface area contributed by atoms with Gasteiger partial charge in [-0.25, -0.2) is 0 Å². The van der Waals surface area contributed by atoms with Gasteiger partial charge in [-0.15, -0.1) is 10.2 Å². The maximum atomic E-state index is 12.3. The number of tetrazole rings is 1. The van der Waals surface area contributed by atoms with Crippen LogP contribution in [0.4, 0.5) is 0 Å². The molecule has 1 aliphatic heterocycles.